The van der Waals surface area contributed by atoms with Gasteiger partial charge in [0.15, 0.2) is 5.75 Å². The SMILES string of the molecule is CN(CCc1ccc2ccoc2c1)C[C@@H]1CCCc2c1ccc1c2OOC1. The molecule has 140 valence electrons. The molecule has 0 fully saturated rings. The van der Waals surface area contributed by atoms with Crippen LogP contribution in [0.15, 0.2) is 47.1 Å². The van der Waals surface area contributed by atoms with Gasteiger partial charge in [0.2, 0.25) is 0 Å². The summed E-state index contributed by atoms with van der Waals surface area (Å²) in [6.07, 6.45) is 6.36. The minimum Gasteiger partial charge on any atom is -0.464 e. The molecule has 1 aliphatic carbocycles. The molecule has 2 aromatic carbocycles. The van der Waals surface area contributed by atoms with Crippen molar-refractivity contribution in [2.45, 2.75) is 38.2 Å². The van der Waals surface area contributed by atoms with E-state index in [0.29, 0.717) is 12.5 Å². The van der Waals surface area contributed by atoms with Gasteiger partial charge in [-0.1, -0.05) is 24.3 Å². The standard InChI is InChI=1S/C23H25NO3/c1-24(11-9-16-5-6-17-10-12-25-22(17)13-16)14-18-3-2-4-21-20(18)8-7-19-15-26-27-23(19)21/h5-8,10,12-13,18H,2-4,9,11,14-15H2,1H3/t18-/m0/s1. The van der Waals surface area contributed by atoms with Crippen LogP contribution in [-0.2, 0) is 24.3 Å². The molecule has 1 aliphatic heterocycles. The number of likely N-dealkylation sites (N-methyl/N-ethyl adjacent to an activating group) is 1. The molecule has 0 saturated heterocycles. The van der Waals surface area contributed by atoms with Crippen LogP contribution in [0, 0.1) is 0 Å². The second kappa shape index (κ2) is 7.02. The minimum atomic E-state index is 0.570. The maximum absolute atomic E-state index is 5.53. The first kappa shape index (κ1) is 16.8. The van der Waals surface area contributed by atoms with Crippen molar-refractivity contribution in [1.82, 2.24) is 4.90 Å². The van der Waals surface area contributed by atoms with Crippen molar-refractivity contribution in [2.75, 3.05) is 20.1 Å². The van der Waals surface area contributed by atoms with Crippen LogP contribution < -0.4 is 4.89 Å². The molecule has 0 N–H and O–H groups in total. The van der Waals surface area contributed by atoms with Crippen molar-refractivity contribution < 1.29 is 14.2 Å². The average molecular weight is 363 g/mol. The van der Waals surface area contributed by atoms with Gasteiger partial charge in [0.25, 0.3) is 0 Å². The highest BCUT2D eigenvalue weighted by Crippen LogP contribution is 2.41. The van der Waals surface area contributed by atoms with Gasteiger partial charge < -0.3 is 14.2 Å². The summed E-state index contributed by atoms with van der Waals surface area (Å²) in [6.45, 7) is 2.70. The fourth-order valence-electron chi connectivity index (χ4n) is 4.51. The van der Waals surface area contributed by atoms with E-state index < -0.39 is 0 Å². The third kappa shape index (κ3) is 3.24. The Kier molecular flexibility index (Phi) is 4.38. The molecule has 3 aromatic rings. The van der Waals surface area contributed by atoms with Crippen molar-refractivity contribution in [3.05, 3.63) is 64.9 Å². The zero-order valence-electron chi connectivity index (χ0n) is 15.7. The van der Waals surface area contributed by atoms with E-state index >= 15 is 0 Å². The van der Waals surface area contributed by atoms with E-state index in [1.165, 1.54) is 40.5 Å². The molecule has 0 unspecified atom stereocenters. The molecule has 0 saturated carbocycles. The largest absolute Gasteiger partial charge is 0.464 e. The van der Waals surface area contributed by atoms with E-state index in [0.717, 1.165) is 37.3 Å². The van der Waals surface area contributed by atoms with Gasteiger partial charge in [0, 0.05) is 29.6 Å². The number of nitrogens with zero attached hydrogens (tertiary/aromatic N) is 1. The lowest BCUT2D eigenvalue weighted by Gasteiger charge is -2.30. The summed E-state index contributed by atoms with van der Waals surface area (Å²) >= 11 is 0. The van der Waals surface area contributed by atoms with Crippen LogP contribution in [0.5, 0.6) is 5.75 Å². The predicted molar refractivity (Wildman–Crippen MR) is 105 cm³/mol. The van der Waals surface area contributed by atoms with Crippen LogP contribution in [0.25, 0.3) is 11.0 Å². The number of hydrogen-bond donors (Lipinski definition) is 0. The van der Waals surface area contributed by atoms with E-state index in [-0.39, 0.29) is 0 Å². The van der Waals surface area contributed by atoms with Gasteiger partial charge in [0.05, 0.1) is 6.26 Å². The third-order valence-electron chi connectivity index (χ3n) is 5.99. The fourth-order valence-corrected chi connectivity index (χ4v) is 4.51. The van der Waals surface area contributed by atoms with Crippen LogP contribution in [0.1, 0.15) is 41.0 Å². The van der Waals surface area contributed by atoms with Gasteiger partial charge in [-0.25, -0.2) is 0 Å². The second-order valence-corrected chi connectivity index (χ2v) is 7.86. The molecule has 4 heteroatoms. The van der Waals surface area contributed by atoms with E-state index in [4.69, 9.17) is 14.2 Å². The number of rotatable bonds is 5. The van der Waals surface area contributed by atoms with Crippen molar-refractivity contribution in [1.29, 1.82) is 0 Å². The monoisotopic (exact) mass is 363 g/mol. The first-order chi connectivity index (χ1) is 13.3. The van der Waals surface area contributed by atoms with Gasteiger partial charge in [-0.3, -0.25) is 0 Å². The van der Waals surface area contributed by atoms with Crippen molar-refractivity contribution in [2.24, 2.45) is 0 Å². The number of benzene rings is 2. The lowest BCUT2D eigenvalue weighted by atomic mass is 9.81. The minimum absolute atomic E-state index is 0.570. The van der Waals surface area contributed by atoms with Gasteiger partial charge in [0.1, 0.15) is 12.2 Å². The normalized spacial score (nSPS) is 18.5. The molecule has 4 nitrogen and oxygen atoms in total. The Morgan fingerprint density at radius 3 is 3.07 bits per heavy atom. The molecule has 0 bridgehead atoms. The van der Waals surface area contributed by atoms with Crippen LogP contribution in [0.3, 0.4) is 0 Å². The summed E-state index contributed by atoms with van der Waals surface area (Å²) in [4.78, 5) is 13.1. The molecule has 0 amide bonds. The highest BCUT2D eigenvalue weighted by atomic mass is 17.2. The maximum atomic E-state index is 5.53. The fraction of sp³-hybridized carbons (Fsp3) is 0.391. The lowest BCUT2D eigenvalue weighted by molar-refractivity contribution is -0.195. The summed E-state index contributed by atoms with van der Waals surface area (Å²) in [6, 6.07) is 13.0. The molecule has 1 atom stereocenters. The Hall–Kier alpha value is -2.30. The predicted octanol–water partition coefficient (Wildman–Crippen LogP) is 4.85. The van der Waals surface area contributed by atoms with E-state index in [1.807, 2.05) is 6.07 Å². The summed E-state index contributed by atoms with van der Waals surface area (Å²) in [5.74, 6) is 1.56. The Balaban J connectivity index is 1.26. The van der Waals surface area contributed by atoms with Gasteiger partial charge in [-0.15, -0.1) is 0 Å². The highest BCUT2D eigenvalue weighted by Gasteiger charge is 2.28. The van der Waals surface area contributed by atoms with Gasteiger partial charge in [-0.05, 0) is 61.9 Å². The second-order valence-electron chi connectivity index (χ2n) is 7.86. The van der Waals surface area contributed by atoms with Crippen LogP contribution in [0.2, 0.25) is 0 Å². The van der Waals surface area contributed by atoms with E-state index in [1.54, 1.807) is 6.26 Å². The topological polar surface area (TPSA) is 34.8 Å². The Bertz CT molecular complexity index is 961. The molecule has 2 aliphatic rings. The number of furan rings is 1. The molecule has 0 spiro atoms. The molecule has 0 radical (unpaired) electrons. The quantitative estimate of drug-likeness (QED) is 0.607. The van der Waals surface area contributed by atoms with Crippen molar-refractivity contribution in [3.8, 4) is 5.75 Å². The number of fused-ring (bicyclic) bond motifs is 4. The summed E-state index contributed by atoms with van der Waals surface area (Å²) < 4.78 is 5.53. The van der Waals surface area contributed by atoms with Crippen molar-refractivity contribution >= 4 is 11.0 Å². The van der Waals surface area contributed by atoms with E-state index in [9.17, 15) is 0 Å². The summed E-state index contributed by atoms with van der Waals surface area (Å²) in [5.41, 5.74) is 6.33. The van der Waals surface area contributed by atoms with Crippen molar-refractivity contribution in [3.63, 3.8) is 0 Å². The average Bonchev–Trinajstić information content (AvgIpc) is 3.35. The maximum Gasteiger partial charge on any atom is 0.174 e. The molecule has 2 heterocycles. The number of hydrogen-bond acceptors (Lipinski definition) is 4. The molecular weight excluding hydrogens is 338 g/mol. The molecule has 5 rings (SSSR count). The van der Waals surface area contributed by atoms with Crippen LogP contribution in [0.4, 0.5) is 0 Å². The zero-order chi connectivity index (χ0) is 18.2. The third-order valence-corrected chi connectivity index (χ3v) is 5.99. The first-order valence-corrected chi connectivity index (χ1v) is 9.87. The Morgan fingerprint density at radius 1 is 1.15 bits per heavy atom. The molecule has 1 aromatic heterocycles. The summed E-state index contributed by atoms with van der Waals surface area (Å²) in [7, 11) is 2.23. The smallest absolute Gasteiger partial charge is 0.174 e. The summed E-state index contributed by atoms with van der Waals surface area (Å²) in [5, 5.41) is 1.17. The lowest BCUT2D eigenvalue weighted by Crippen LogP contribution is -2.28. The Morgan fingerprint density at radius 2 is 2.11 bits per heavy atom. The van der Waals surface area contributed by atoms with Gasteiger partial charge in [-0.2, -0.15) is 4.89 Å². The molecular formula is C23H25NO3. The highest BCUT2D eigenvalue weighted by molar-refractivity contribution is 5.77. The van der Waals surface area contributed by atoms with Gasteiger partial charge >= 0.3 is 0 Å². The zero-order valence-corrected chi connectivity index (χ0v) is 15.7. The van der Waals surface area contributed by atoms with Crippen LogP contribution in [-0.4, -0.2) is 25.0 Å². The van der Waals surface area contributed by atoms with Crippen LogP contribution >= 0.6 is 0 Å². The molecule has 27 heavy (non-hydrogen) atoms. The van der Waals surface area contributed by atoms with E-state index in [2.05, 4.69) is 42.3 Å². The first-order valence-electron chi connectivity index (χ1n) is 9.87. The Labute approximate surface area is 159 Å².